The molecule has 176 valence electrons. The van der Waals surface area contributed by atoms with Gasteiger partial charge < -0.3 is 20.5 Å². The lowest BCUT2D eigenvalue weighted by atomic mass is 9.85. The number of amides is 2. The maximum atomic E-state index is 12.8. The van der Waals surface area contributed by atoms with Crippen molar-refractivity contribution in [2.75, 3.05) is 13.2 Å². The van der Waals surface area contributed by atoms with Crippen LogP contribution < -0.4 is 10.6 Å². The number of carbonyl (C=O) groups excluding carboxylic acids is 2. The number of carbonyl (C=O) groups is 3. The van der Waals surface area contributed by atoms with Gasteiger partial charge in [0.1, 0.15) is 12.6 Å². The molecule has 0 spiro atoms. The SMILES string of the molecule is CCC(C)(CNC(=O)OCC1c2ccccc2-c2ccccc21)C(=O)N[C@H](C(=O)O)C(C)C. The number of carboxylic acids is 1. The highest BCUT2D eigenvalue weighted by Crippen LogP contribution is 2.44. The highest BCUT2D eigenvalue weighted by atomic mass is 16.5. The van der Waals surface area contributed by atoms with Crippen molar-refractivity contribution in [3.05, 3.63) is 59.7 Å². The number of nitrogens with one attached hydrogen (secondary N) is 2. The van der Waals surface area contributed by atoms with Crippen molar-refractivity contribution in [2.24, 2.45) is 11.3 Å². The summed E-state index contributed by atoms with van der Waals surface area (Å²) in [7, 11) is 0. The fraction of sp³-hybridized carbons (Fsp3) is 0.423. The molecule has 2 aromatic rings. The first-order valence-corrected chi connectivity index (χ1v) is 11.3. The summed E-state index contributed by atoms with van der Waals surface area (Å²) in [6, 6.07) is 15.2. The van der Waals surface area contributed by atoms with Gasteiger partial charge in [-0.25, -0.2) is 9.59 Å². The Balaban J connectivity index is 1.61. The van der Waals surface area contributed by atoms with Crippen LogP contribution in [-0.4, -0.2) is 42.3 Å². The van der Waals surface area contributed by atoms with Crippen LogP contribution in [0.1, 0.15) is 51.2 Å². The normalized spacial score (nSPS) is 15.2. The first-order chi connectivity index (χ1) is 15.7. The molecule has 2 amide bonds. The summed E-state index contributed by atoms with van der Waals surface area (Å²) >= 11 is 0. The molecule has 0 saturated heterocycles. The van der Waals surface area contributed by atoms with E-state index in [0.29, 0.717) is 6.42 Å². The van der Waals surface area contributed by atoms with Crippen LogP contribution in [0.15, 0.2) is 48.5 Å². The maximum absolute atomic E-state index is 12.8. The molecule has 33 heavy (non-hydrogen) atoms. The van der Waals surface area contributed by atoms with Crippen LogP contribution in [0.25, 0.3) is 11.1 Å². The Labute approximate surface area is 194 Å². The van der Waals surface area contributed by atoms with Gasteiger partial charge >= 0.3 is 12.1 Å². The molecule has 0 bridgehead atoms. The molecule has 1 aliphatic rings. The number of alkyl carbamates (subject to hydrolysis) is 1. The van der Waals surface area contributed by atoms with E-state index in [0.717, 1.165) is 22.3 Å². The van der Waals surface area contributed by atoms with Crippen LogP contribution in [0.2, 0.25) is 0 Å². The van der Waals surface area contributed by atoms with Crippen LogP contribution in [0.4, 0.5) is 4.79 Å². The average molecular weight is 453 g/mol. The van der Waals surface area contributed by atoms with Gasteiger partial charge in [0, 0.05) is 12.5 Å². The molecule has 1 aliphatic carbocycles. The summed E-state index contributed by atoms with van der Waals surface area (Å²) in [5, 5.41) is 14.6. The van der Waals surface area contributed by atoms with E-state index in [9.17, 15) is 19.5 Å². The molecular formula is C26H32N2O5. The van der Waals surface area contributed by atoms with E-state index in [1.165, 1.54) is 0 Å². The van der Waals surface area contributed by atoms with Crippen LogP contribution >= 0.6 is 0 Å². The van der Waals surface area contributed by atoms with Crippen LogP contribution in [0.3, 0.4) is 0 Å². The summed E-state index contributed by atoms with van der Waals surface area (Å²) in [4.78, 5) is 36.7. The van der Waals surface area contributed by atoms with E-state index in [2.05, 4.69) is 22.8 Å². The lowest BCUT2D eigenvalue weighted by Gasteiger charge is -2.30. The minimum atomic E-state index is -1.08. The maximum Gasteiger partial charge on any atom is 0.407 e. The summed E-state index contributed by atoms with van der Waals surface area (Å²) < 4.78 is 5.54. The van der Waals surface area contributed by atoms with E-state index in [4.69, 9.17) is 4.74 Å². The largest absolute Gasteiger partial charge is 0.480 e. The second-order valence-electron chi connectivity index (χ2n) is 9.13. The van der Waals surface area contributed by atoms with Gasteiger partial charge in [0.05, 0.1) is 5.41 Å². The molecule has 1 unspecified atom stereocenters. The first-order valence-electron chi connectivity index (χ1n) is 11.3. The first kappa shape index (κ1) is 24.3. The lowest BCUT2D eigenvalue weighted by Crippen LogP contribution is -2.53. The van der Waals surface area contributed by atoms with Crippen LogP contribution in [-0.2, 0) is 14.3 Å². The number of carboxylic acid groups (broad SMARTS) is 1. The molecule has 7 nitrogen and oxygen atoms in total. The number of hydrogen-bond donors (Lipinski definition) is 3. The topological polar surface area (TPSA) is 105 Å². The minimum Gasteiger partial charge on any atom is -0.480 e. The number of aliphatic carboxylic acids is 1. The molecule has 0 aromatic heterocycles. The number of hydrogen-bond acceptors (Lipinski definition) is 4. The van der Waals surface area contributed by atoms with Crippen molar-refractivity contribution < 1.29 is 24.2 Å². The van der Waals surface area contributed by atoms with Gasteiger partial charge in [-0.05, 0) is 41.5 Å². The average Bonchev–Trinajstić information content (AvgIpc) is 3.12. The van der Waals surface area contributed by atoms with Gasteiger partial charge in [-0.3, -0.25) is 4.79 Å². The third-order valence-corrected chi connectivity index (χ3v) is 6.51. The predicted octanol–water partition coefficient (Wildman–Crippen LogP) is 4.17. The monoisotopic (exact) mass is 452 g/mol. The third kappa shape index (κ3) is 5.18. The van der Waals surface area contributed by atoms with E-state index >= 15 is 0 Å². The number of benzene rings is 2. The molecular weight excluding hydrogens is 420 g/mol. The van der Waals surface area contributed by atoms with Crippen molar-refractivity contribution in [3.63, 3.8) is 0 Å². The van der Waals surface area contributed by atoms with E-state index < -0.39 is 29.4 Å². The summed E-state index contributed by atoms with van der Waals surface area (Å²) in [5.41, 5.74) is 3.58. The summed E-state index contributed by atoms with van der Waals surface area (Å²) in [6.07, 6.45) is -0.185. The Kier molecular flexibility index (Phi) is 7.41. The lowest BCUT2D eigenvalue weighted by molar-refractivity contribution is -0.145. The van der Waals surface area contributed by atoms with E-state index in [1.54, 1.807) is 20.8 Å². The second-order valence-corrected chi connectivity index (χ2v) is 9.13. The number of ether oxygens (including phenoxy) is 1. The summed E-state index contributed by atoms with van der Waals surface area (Å²) in [5.74, 6) is -1.81. The van der Waals surface area contributed by atoms with Gasteiger partial charge in [0.2, 0.25) is 5.91 Å². The Morgan fingerprint density at radius 1 is 1.03 bits per heavy atom. The summed E-state index contributed by atoms with van der Waals surface area (Å²) in [6.45, 7) is 7.21. The predicted molar refractivity (Wildman–Crippen MR) is 126 cm³/mol. The third-order valence-electron chi connectivity index (χ3n) is 6.51. The van der Waals surface area contributed by atoms with Gasteiger partial charge in [-0.15, -0.1) is 0 Å². The van der Waals surface area contributed by atoms with Gasteiger partial charge in [0.25, 0.3) is 0 Å². The molecule has 0 radical (unpaired) electrons. The molecule has 3 N–H and O–H groups in total. The van der Waals surface area contributed by atoms with Gasteiger partial charge in [-0.2, -0.15) is 0 Å². The Hall–Kier alpha value is -3.35. The van der Waals surface area contributed by atoms with Crippen molar-refractivity contribution in [1.29, 1.82) is 0 Å². The molecule has 2 aromatic carbocycles. The van der Waals surface area contributed by atoms with Crippen molar-refractivity contribution in [1.82, 2.24) is 10.6 Å². The molecule has 0 heterocycles. The zero-order valence-corrected chi connectivity index (χ0v) is 19.6. The molecule has 0 aliphatic heterocycles. The Morgan fingerprint density at radius 3 is 2.06 bits per heavy atom. The fourth-order valence-corrected chi connectivity index (χ4v) is 4.11. The Bertz CT molecular complexity index is 989. The molecule has 2 atom stereocenters. The number of fused-ring (bicyclic) bond motifs is 3. The molecule has 0 saturated carbocycles. The number of rotatable bonds is 9. The standard InChI is InChI=1S/C26H32N2O5/c1-5-26(4,24(31)28-22(16(2)3)23(29)30)15-27-25(32)33-14-21-19-12-8-6-10-17(19)18-11-7-9-13-20(18)21/h6-13,16,21-22H,5,14-15H2,1-4H3,(H,27,32)(H,28,31)(H,29,30)/t22-,26?/m0/s1. The Morgan fingerprint density at radius 2 is 1.58 bits per heavy atom. The fourth-order valence-electron chi connectivity index (χ4n) is 4.11. The van der Waals surface area contributed by atoms with E-state index in [1.807, 2.05) is 43.3 Å². The zero-order valence-electron chi connectivity index (χ0n) is 19.6. The smallest absolute Gasteiger partial charge is 0.407 e. The molecule has 3 rings (SSSR count). The van der Waals surface area contributed by atoms with Crippen molar-refractivity contribution in [3.8, 4) is 11.1 Å². The van der Waals surface area contributed by atoms with E-state index in [-0.39, 0.29) is 25.0 Å². The minimum absolute atomic E-state index is 0.0381. The quantitative estimate of drug-likeness (QED) is 0.530. The van der Waals surface area contributed by atoms with Crippen LogP contribution in [0.5, 0.6) is 0 Å². The van der Waals surface area contributed by atoms with Gasteiger partial charge in [0.15, 0.2) is 0 Å². The molecule has 0 fully saturated rings. The van der Waals surface area contributed by atoms with Gasteiger partial charge in [-0.1, -0.05) is 69.3 Å². The van der Waals surface area contributed by atoms with Crippen molar-refractivity contribution >= 4 is 18.0 Å². The highest BCUT2D eigenvalue weighted by molar-refractivity contribution is 5.88. The van der Waals surface area contributed by atoms with Crippen LogP contribution in [0, 0.1) is 11.3 Å². The molecule has 7 heteroatoms. The second kappa shape index (κ2) is 10.1. The van der Waals surface area contributed by atoms with Crippen molar-refractivity contribution in [2.45, 2.75) is 46.1 Å². The zero-order chi connectivity index (χ0) is 24.2. The highest BCUT2D eigenvalue weighted by Gasteiger charge is 2.36.